The Morgan fingerprint density at radius 2 is 2.27 bits per heavy atom. The Morgan fingerprint density at radius 3 is 3.05 bits per heavy atom. The molecule has 0 aliphatic heterocycles. The lowest BCUT2D eigenvalue weighted by molar-refractivity contribution is -0.116. The van der Waals surface area contributed by atoms with Gasteiger partial charge in [0.25, 0.3) is 0 Å². The number of anilines is 1. The van der Waals surface area contributed by atoms with Crippen molar-refractivity contribution in [1.82, 2.24) is 14.3 Å². The van der Waals surface area contributed by atoms with E-state index in [4.69, 9.17) is 18.0 Å². The van der Waals surface area contributed by atoms with Crippen molar-refractivity contribution < 1.29 is 4.79 Å². The number of aromatic nitrogens is 3. The molecule has 7 heteroatoms. The van der Waals surface area contributed by atoms with Crippen LogP contribution >= 0.6 is 23.1 Å². The normalized spacial score (nSPS) is 10.2. The summed E-state index contributed by atoms with van der Waals surface area (Å²) in [6.45, 7) is 0. The minimum absolute atomic E-state index is 0.0688. The summed E-state index contributed by atoms with van der Waals surface area (Å²) < 4.78 is 4.19. The van der Waals surface area contributed by atoms with Crippen molar-refractivity contribution >= 4 is 34.2 Å². The maximum absolute atomic E-state index is 11.8. The van der Waals surface area contributed by atoms with Crippen molar-refractivity contribution in [3.8, 4) is 23.7 Å². The molecule has 0 saturated heterocycles. The zero-order valence-electron chi connectivity index (χ0n) is 11.9. The molecule has 0 atom stereocenters. The first-order chi connectivity index (χ1) is 10.7. The van der Waals surface area contributed by atoms with Crippen LogP contribution in [-0.4, -0.2) is 20.2 Å². The van der Waals surface area contributed by atoms with Gasteiger partial charge in [0.15, 0.2) is 5.82 Å². The lowest BCUT2D eigenvalue weighted by Gasteiger charge is -2.00. The molecule has 0 aromatic carbocycles. The van der Waals surface area contributed by atoms with E-state index in [0.29, 0.717) is 28.1 Å². The number of unbranched alkanes of at least 4 members (excludes halogenated alkanes) is 3. The summed E-state index contributed by atoms with van der Waals surface area (Å²) in [5, 5.41) is 3.55. The summed E-state index contributed by atoms with van der Waals surface area (Å²) in [5.41, 5.74) is 0.648. The van der Waals surface area contributed by atoms with Crippen LogP contribution in [0, 0.1) is 12.3 Å². The van der Waals surface area contributed by atoms with E-state index < -0.39 is 0 Å². The van der Waals surface area contributed by atoms with Crippen molar-refractivity contribution in [3.05, 3.63) is 23.5 Å². The number of hydrogen-bond acceptors (Lipinski definition) is 5. The van der Waals surface area contributed by atoms with Gasteiger partial charge in [-0.15, -0.1) is 12.3 Å². The van der Waals surface area contributed by atoms with Gasteiger partial charge in [-0.25, -0.2) is 4.98 Å². The predicted molar refractivity (Wildman–Crippen MR) is 88.7 cm³/mol. The highest BCUT2D eigenvalue weighted by molar-refractivity contribution is 7.10. The quantitative estimate of drug-likeness (QED) is 0.475. The Bertz CT molecular complexity index is 680. The van der Waals surface area contributed by atoms with E-state index in [-0.39, 0.29) is 5.91 Å². The fourth-order valence-electron chi connectivity index (χ4n) is 1.81. The Hall–Kier alpha value is -1.97. The molecule has 0 bridgehead atoms. The molecule has 0 radical (unpaired) electrons. The SMILES string of the molecule is C#CCCCCCC(=O)Nc1nc(-c2cccnc2Cl)ns1. The lowest BCUT2D eigenvalue weighted by Crippen LogP contribution is -2.10. The second-order valence-electron chi connectivity index (χ2n) is 4.58. The van der Waals surface area contributed by atoms with E-state index in [0.717, 1.165) is 37.2 Å². The number of nitrogens with zero attached hydrogens (tertiary/aromatic N) is 3. The standard InChI is InChI=1S/C15H15ClN4OS/c1-2-3-4-5-6-9-12(21)18-15-19-14(20-22-15)11-8-7-10-17-13(11)16/h1,7-8,10H,3-6,9H2,(H,18,19,20,21). The highest BCUT2D eigenvalue weighted by Crippen LogP contribution is 2.26. The van der Waals surface area contributed by atoms with E-state index in [1.165, 1.54) is 0 Å². The Morgan fingerprint density at radius 1 is 1.41 bits per heavy atom. The highest BCUT2D eigenvalue weighted by Gasteiger charge is 2.12. The number of nitrogens with one attached hydrogen (secondary N) is 1. The van der Waals surface area contributed by atoms with Crippen molar-refractivity contribution in [2.24, 2.45) is 0 Å². The molecule has 1 amide bonds. The molecule has 2 aromatic heterocycles. The minimum Gasteiger partial charge on any atom is -0.301 e. The molecule has 0 aliphatic rings. The van der Waals surface area contributed by atoms with Crippen molar-refractivity contribution in [3.63, 3.8) is 0 Å². The second kappa shape index (κ2) is 8.47. The van der Waals surface area contributed by atoms with Crippen LogP contribution in [-0.2, 0) is 4.79 Å². The third kappa shape index (κ3) is 4.79. The minimum atomic E-state index is -0.0688. The first-order valence-electron chi connectivity index (χ1n) is 6.88. The number of halogens is 1. The van der Waals surface area contributed by atoms with Gasteiger partial charge in [-0.2, -0.15) is 9.36 Å². The van der Waals surface area contributed by atoms with Crippen LogP contribution in [0.25, 0.3) is 11.4 Å². The fraction of sp³-hybridized carbons (Fsp3) is 0.333. The zero-order chi connectivity index (χ0) is 15.8. The maximum atomic E-state index is 11.8. The molecule has 0 aliphatic carbocycles. The van der Waals surface area contributed by atoms with Gasteiger partial charge in [-0.1, -0.05) is 18.0 Å². The van der Waals surface area contributed by atoms with E-state index in [2.05, 4.69) is 25.6 Å². The molecular formula is C15H15ClN4OS. The molecule has 2 heterocycles. The van der Waals surface area contributed by atoms with Crippen LogP contribution in [0.15, 0.2) is 18.3 Å². The summed E-state index contributed by atoms with van der Waals surface area (Å²) >= 11 is 7.12. The predicted octanol–water partition coefficient (Wildman–Crippen LogP) is 3.78. The van der Waals surface area contributed by atoms with E-state index in [1.807, 2.05) is 0 Å². The summed E-state index contributed by atoms with van der Waals surface area (Å²) in [5.74, 6) is 2.98. The van der Waals surface area contributed by atoms with Crippen LogP contribution in [0.1, 0.15) is 32.1 Å². The van der Waals surface area contributed by atoms with Gasteiger partial charge in [0.1, 0.15) is 5.15 Å². The number of rotatable bonds is 7. The summed E-state index contributed by atoms with van der Waals surface area (Å²) in [6.07, 6.45) is 10.7. The van der Waals surface area contributed by atoms with E-state index >= 15 is 0 Å². The molecule has 0 fully saturated rings. The first kappa shape index (κ1) is 16.4. The average Bonchev–Trinajstić information content (AvgIpc) is 2.95. The van der Waals surface area contributed by atoms with Crippen molar-refractivity contribution in [1.29, 1.82) is 0 Å². The number of amides is 1. The van der Waals surface area contributed by atoms with Gasteiger partial charge in [0.05, 0.1) is 5.56 Å². The summed E-state index contributed by atoms with van der Waals surface area (Å²) in [4.78, 5) is 20.0. The van der Waals surface area contributed by atoms with Crippen LogP contribution in [0.4, 0.5) is 5.13 Å². The van der Waals surface area contributed by atoms with Gasteiger partial charge >= 0.3 is 0 Å². The molecule has 0 spiro atoms. The van der Waals surface area contributed by atoms with E-state index in [9.17, 15) is 4.79 Å². The number of terminal acetylenes is 1. The van der Waals surface area contributed by atoms with Gasteiger partial charge in [0, 0.05) is 30.6 Å². The zero-order valence-corrected chi connectivity index (χ0v) is 13.5. The molecule has 2 aromatic rings. The largest absolute Gasteiger partial charge is 0.301 e. The van der Waals surface area contributed by atoms with Crippen LogP contribution in [0.5, 0.6) is 0 Å². The number of hydrogen-bond donors (Lipinski definition) is 1. The van der Waals surface area contributed by atoms with Gasteiger partial charge in [-0.05, 0) is 25.0 Å². The maximum Gasteiger partial charge on any atom is 0.226 e. The Kier molecular flexibility index (Phi) is 6.31. The first-order valence-corrected chi connectivity index (χ1v) is 8.03. The molecule has 22 heavy (non-hydrogen) atoms. The topological polar surface area (TPSA) is 67.8 Å². The van der Waals surface area contributed by atoms with Crippen molar-refractivity contribution in [2.45, 2.75) is 32.1 Å². The van der Waals surface area contributed by atoms with Crippen LogP contribution in [0.2, 0.25) is 5.15 Å². The Labute approximate surface area is 138 Å². The lowest BCUT2D eigenvalue weighted by atomic mass is 10.1. The van der Waals surface area contributed by atoms with Gasteiger partial charge in [0.2, 0.25) is 11.0 Å². The highest BCUT2D eigenvalue weighted by atomic mass is 35.5. The third-order valence-corrected chi connectivity index (χ3v) is 3.83. The van der Waals surface area contributed by atoms with Crippen LogP contribution in [0.3, 0.4) is 0 Å². The molecule has 0 unspecified atom stereocenters. The molecule has 0 saturated carbocycles. The molecule has 2 rings (SSSR count). The summed E-state index contributed by atoms with van der Waals surface area (Å²) in [7, 11) is 0. The molecule has 5 nitrogen and oxygen atoms in total. The average molecular weight is 335 g/mol. The summed E-state index contributed by atoms with van der Waals surface area (Å²) in [6, 6.07) is 3.55. The molecule has 1 N–H and O–H groups in total. The van der Waals surface area contributed by atoms with Gasteiger partial charge < -0.3 is 5.32 Å². The Balaban J connectivity index is 1.86. The smallest absolute Gasteiger partial charge is 0.226 e. The monoisotopic (exact) mass is 334 g/mol. The van der Waals surface area contributed by atoms with E-state index in [1.54, 1.807) is 18.3 Å². The number of carbonyl (C=O) groups excluding carboxylic acids is 1. The van der Waals surface area contributed by atoms with Gasteiger partial charge in [-0.3, -0.25) is 4.79 Å². The second-order valence-corrected chi connectivity index (χ2v) is 5.69. The number of carbonyl (C=O) groups is 1. The molecule has 114 valence electrons. The fourth-order valence-corrected chi connectivity index (χ4v) is 2.61. The third-order valence-electron chi connectivity index (χ3n) is 2.90. The van der Waals surface area contributed by atoms with Crippen molar-refractivity contribution in [2.75, 3.05) is 5.32 Å². The van der Waals surface area contributed by atoms with Crippen LogP contribution < -0.4 is 5.32 Å². The number of pyridine rings is 1. The molecular weight excluding hydrogens is 320 g/mol.